The van der Waals surface area contributed by atoms with Crippen LogP contribution in [0.3, 0.4) is 0 Å². The minimum atomic E-state index is -0.249. The number of nitrogens with zero attached hydrogens (tertiary/aromatic N) is 2. The molecule has 0 spiro atoms. The van der Waals surface area contributed by atoms with E-state index in [0.717, 1.165) is 24.6 Å². The molecule has 1 fully saturated rings. The van der Waals surface area contributed by atoms with Gasteiger partial charge in [-0.05, 0) is 57.2 Å². The second kappa shape index (κ2) is 9.40. The molecule has 0 bridgehead atoms. The van der Waals surface area contributed by atoms with Gasteiger partial charge in [-0.1, -0.05) is 19.1 Å². The van der Waals surface area contributed by atoms with Crippen LogP contribution in [0.1, 0.15) is 56.5 Å². The fourth-order valence-corrected chi connectivity index (χ4v) is 2.73. The second-order valence-corrected chi connectivity index (χ2v) is 7.75. The normalized spacial score (nSPS) is 16.3. The third kappa shape index (κ3) is 7.22. The molecule has 1 saturated heterocycles. The van der Waals surface area contributed by atoms with Gasteiger partial charge in [-0.3, -0.25) is 4.79 Å². The Kier molecular flexibility index (Phi) is 8.18. The number of aliphatic imine (C=N–C) groups is 1. The number of hydrogen-bond donors (Lipinski definition) is 2. The Morgan fingerprint density at radius 3 is 2.56 bits per heavy atom. The first-order valence-corrected chi connectivity index (χ1v) is 8.71. The maximum absolute atomic E-state index is 12.2. The highest BCUT2D eigenvalue weighted by Gasteiger charge is 2.17. The maximum atomic E-state index is 12.2. The molecule has 1 aliphatic rings. The molecule has 5 nitrogen and oxygen atoms in total. The van der Waals surface area contributed by atoms with Gasteiger partial charge in [-0.25, -0.2) is 4.99 Å². The second-order valence-electron chi connectivity index (χ2n) is 7.75. The van der Waals surface area contributed by atoms with Gasteiger partial charge < -0.3 is 16.0 Å². The van der Waals surface area contributed by atoms with Crippen LogP contribution in [0.4, 0.5) is 0 Å². The number of nitrogens with one attached hydrogen (secondary N) is 1. The van der Waals surface area contributed by atoms with Crippen molar-refractivity contribution in [3.63, 3.8) is 0 Å². The largest absolute Gasteiger partial charge is 0.370 e. The number of piperidine rings is 1. The third-order valence-corrected chi connectivity index (χ3v) is 4.21. The molecule has 0 aromatic heterocycles. The van der Waals surface area contributed by atoms with Crippen LogP contribution in [0, 0.1) is 5.92 Å². The van der Waals surface area contributed by atoms with Crippen LogP contribution in [0.25, 0.3) is 0 Å². The molecule has 0 saturated carbocycles. The van der Waals surface area contributed by atoms with E-state index in [0.29, 0.717) is 18.1 Å². The van der Waals surface area contributed by atoms with Crippen LogP contribution in [-0.2, 0) is 6.54 Å². The van der Waals surface area contributed by atoms with E-state index in [1.165, 1.54) is 12.8 Å². The maximum Gasteiger partial charge on any atom is 0.251 e. The number of halogens is 1. The Morgan fingerprint density at radius 1 is 1.32 bits per heavy atom. The lowest BCUT2D eigenvalue weighted by atomic mass is 10.00. The van der Waals surface area contributed by atoms with Crippen LogP contribution in [0.15, 0.2) is 29.3 Å². The minimum Gasteiger partial charge on any atom is -0.370 e. The summed E-state index contributed by atoms with van der Waals surface area (Å²) in [5.41, 5.74) is 7.52. The van der Waals surface area contributed by atoms with Crippen molar-refractivity contribution in [3.8, 4) is 0 Å². The van der Waals surface area contributed by atoms with Crippen molar-refractivity contribution < 1.29 is 4.79 Å². The van der Waals surface area contributed by atoms with Crippen LogP contribution < -0.4 is 11.1 Å². The van der Waals surface area contributed by atoms with E-state index >= 15 is 0 Å². The summed E-state index contributed by atoms with van der Waals surface area (Å²) in [6, 6.07) is 7.57. The zero-order chi connectivity index (χ0) is 17.7. The summed E-state index contributed by atoms with van der Waals surface area (Å²) in [5, 5.41) is 2.98. The van der Waals surface area contributed by atoms with Crippen LogP contribution >= 0.6 is 24.0 Å². The average molecular weight is 458 g/mol. The predicted octanol–water partition coefficient (Wildman–Crippen LogP) is 3.38. The van der Waals surface area contributed by atoms with E-state index in [-0.39, 0.29) is 35.4 Å². The number of hydrogen-bond acceptors (Lipinski definition) is 2. The van der Waals surface area contributed by atoms with Gasteiger partial charge in [0.05, 0.1) is 6.54 Å². The highest BCUT2D eigenvalue weighted by Crippen LogP contribution is 2.16. The van der Waals surface area contributed by atoms with E-state index in [4.69, 9.17) is 5.73 Å². The Hall–Kier alpha value is -1.31. The first-order valence-electron chi connectivity index (χ1n) is 8.71. The van der Waals surface area contributed by atoms with Gasteiger partial charge in [0, 0.05) is 24.2 Å². The molecule has 0 radical (unpaired) electrons. The van der Waals surface area contributed by atoms with Crippen molar-refractivity contribution in [2.75, 3.05) is 13.1 Å². The Balaban J connectivity index is 0.00000312. The molecule has 1 amide bonds. The molecule has 3 N–H and O–H groups in total. The molecule has 1 aromatic carbocycles. The van der Waals surface area contributed by atoms with E-state index in [2.05, 4.69) is 22.1 Å². The van der Waals surface area contributed by atoms with Crippen molar-refractivity contribution in [1.29, 1.82) is 0 Å². The molecule has 140 valence electrons. The monoisotopic (exact) mass is 458 g/mol. The summed E-state index contributed by atoms with van der Waals surface area (Å²) >= 11 is 0. The van der Waals surface area contributed by atoms with E-state index in [1.807, 2.05) is 45.0 Å². The Morgan fingerprint density at radius 2 is 1.96 bits per heavy atom. The number of benzene rings is 1. The number of nitrogens with two attached hydrogens (primary N) is 1. The average Bonchev–Trinajstić information content (AvgIpc) is 2.52. The van der Waals surface area contributed by atoms with Crippen molar-refractivity contribution in [2.24, 2.45) is 16.6 Å². The van der Waals surface area contributed by atoms with E-state index in [9.17, 15) is 4.79 Å². The topological polar surface area (TPSA) is 70.7 Å². The zero-order valence-corrected chi connectivity index (χ0v) is 18.0. The molecule has 25 heavy (non-hydrogen) atoms. The molecule has 0 atom stereocenters. The van der Waals surface area contributed by atoms with Crippen molar-refractivity contribution in [2.45, 2.75) is 52.6 Å². The summed E-state index contributed by atoms with van der Waals surface area (Å²) in [6.45, 7) is 10.6. The Bertz CT molecular complexity index is 602. The van der Waals surface area contributed by atoms with Gasteiger partial charge in [0.2, 0.25) is 0 Å². The van der Waals surface area contributed by atoms with Crippen molar-refractivity contribution in [1.82, 2.24) is 10.2 Å². The smallest absolute Gasteiger partial charge is 0.251 e. The molecular weight excluding hydrogens is 427 g/mol. The lowest BCUT2D eigenvalue weighted by Crippen LogP contribution is -2.42. The number of carbonyl (C=O) groups is 1. The summed E-state index contributed by atoms with van der Waals surface area (Å²) in [4.78, 5) is 18.9. The quantitative estimate of drug-likeness (QED) is 0.415. The number of carbonyl (C=O) groups excluding carboxylic acids is 1. The summed E-state index contributed by atoms with van der Waals surface area (Å²) < 4.78 is 0. The number of rotatable bonds is 3. The van der Waals surface area contributed by atoms with E-state index in [1.54, 1.807) is 0 Å². The molecule has 1 aliphatic heterocycles. The fourth-order valence-electron chi connectivity index (χ4n) is 2.73. The van der Waals surface area contributed by atoms with Gasteiger partial charge in [-0.2, -0.15) is 0 Å². The van der Waals surface area contributed by atoms with Gasteiger partial charge >= 0.3 is 0 Å². The minimum absolute atomic E-state index is 0. The lowest BCUT2D eigenvalue weighted by Gasteiger charge is -2.31. The molecule has 6 heteroatoms. The molecule has 0 aliphatic carbocycles. The van der Waals surface area contributed by atoms with Crippen molar-refractivity contribution >= 4 is 35.8 Å². The molecule has 0 unspecified atom stereocenters. The molecule has 1 heterocycles. The lowest BCUT2D eigenvalue weighted by molar-refractivity contribution is 0.0919. The van der Waals surface area contributed by atoms with Crippen LogP contribution in [-0.4, -0.2) is 35.4 Å². The van der Waals surface area contributed by atoms with Gasteiger partial charge in [-0.15, -0.1) is 24.0 Å². The third-order valence-electron chi connectivity index (χ3n) is 4.21. The summed E-state index contributed by atoms with van der Waals surface area (Å²) in [5.74, 6) is 1.31. The van der Waals surface area contributed by atoms with E-state index < -0.39 is 0 Å². The zero-order valence-electron chi connectivity index (χ0n) is 15.7. The van der Waals surface area contributed by atoms with Crippen LogP contribution in [0.5, 0.6) is 0 Å². The van der Waals surface area contributed by atoms with Gasteiger partial charge in [0.1, 0.15) is 0 Å². The number of guanidine groups is 1. The summed E-state index contributed by atoms with van der Waals surface area (Å²) in [6.07, 6.45) is 2.33. The van der Waals surface area contributed by atoms with Crippen LogP contribution in [0.2, 0.25) is 0 Å². The molecule has 1 aromatic rings. The van der Waals surface area contributed by atoms with Gasteiger partial charge in [0.25, 0.3) is 5.91 Å². The first kappa shape index (κ1) is 21.7. The highest BCUT2D eigenvalue weighted by molar-refractivity contribution is 14.0. The van der Waals surface area contributed by atoms with Gasteiger partial charge in [0.15, 0.2) is 5.96 Å². The molecular formula is C19H31IN4O. The predicted molar refractivity (Wildman–Crippen MR) is 114 cm³/mol. The standard InChI is InChI=1S/C19H30N4O.HI/c1-14-8-10-23(11-9-14)18(20)21-13-15-6-5-7-16(12-15)17(24)22-19(2,3)4;/h5-7,12,14H,8-11,13H2,1-4H3,(H2,20,21)(H,22,24);1H. The first-order chi connectivity index (χ1) is 11.2. The molecule has 2 rings (SSSR count). The number of amides is 1. The highest BCUT2D eigenvalue weighted by atomic mass is 127. The summed E-state index contributed by atoms with van der Waals surface area (Å²) in [7, 11) is 0. The number of likely N-dealkylation sites (tertiary alicyclic amines) is 1. The Labute approximate surface area is 168 Å². The SMILES string of the molecule is CC1CCN(C(N)=NCc2cccc(C(=O)NC(C)(C)C)c2)CC1.I. The van der Waals surface area contributed by atoms with Crippen molar-refractivity contribution in [3.05, 3.63) is 35.4 Å². The fraction of sp³-hybridized carbons (Fsp3) is 0.579.